The molecule has 0 aliphatic heterocycles. The standard InChI is InChI=1S/C24H28N2O4/c1-26(21(14-15-27)19-10-6-7-11-22(19)29-2)18-12-13-23(30-3)20(16-18)25-24(28)17-8-4-5-9-17/h6-7,10-17H,4-5,8-9H2,1-3H3,(H,25,28)/b21-14+. The van der Waals surface area contributed by atoms with Gasteiger partial charge in [-0.05, 0) is 43.2 Å². The number of aldehydes is 1. The first-order valence-electron chi connectivity index (χ1n) is 10.1. The molecule has 30 heavy (non-hydrogen) atoms. The second-order valence-electron chi connectivity index (χ2n) is 7.30. The van der Waals surface area contributed by atoms with Crippen molar-refractivity contribution >= 4 is 29.3 Å². The van der Waals surface area contributed by atoms with Gasteiger partial charge >= 0.3 is 0 Å². The highest BCUT2D eigenvalue weighted by Gasteiger charge is 2.24. The smallest absolute Gasteiger partial charge is 0.227 e. The zero-order chi connectivity index (χ0) is 21.5. The molecule has 0 aromatic heterocycles. The van der Waals surface area contributed by atoms with Crippen LogP contribution in [0.2, 0.25) is 0 Å². The quantitative estimate of drug-likeness (QED) is 0.514. The van der Waals surface area contributed by atoms with Crippen LogP contribution in [0, 0.1) is 5.92 Å². The summed E-state index contributed by atoms with van der Waals surface area (Å²) in [7, 11) is 5.05. The van der Waals surface area contributed by atoms with Crippen LogP contribution in [-0.2, 0) is 9.59 Å². The van der Waals surface area contributed by atoms with E-state index in [2.05, 4.69) is 5.32 Å². The fourth-order valence-corrected chi connectivity index (χ4v) is 3.87. The molecule has 2 aromatic carbocycles. The summed E-state index contributed by atoms with van der Waals surface area (Å²) in [5, 5.41) is 3.03. The maximum absolute atomic E-state index is 12.7. The molecular weight excluding hydrogens is 380 g/mol. The van der Waals surface area contributed by atoms with Gasteiger partial charge in [0.25, 0.3) is 0 Å². The number of hydrogen-bond donors (Lipinski definition) is 1. The second-order valence-corrected chi connectivity index (χ2v) is 7.30. The van der Waals surface area contributed by atoms with Crippen molar-refractivity contribution in [2.24, 2.45) is 5.92 Å². The van der Waals surface area contributed by atoms with Crippen LogP contribution < -0.4 is 19.7 Å². The van der Waals surface area contributed by atoms with Crippen LogP contribution in [0.15, 0.2) is 48.5 Å². The van der Waals surface area contributed by atoms with E-state index in [9.17, 15) is 9.59 Å². The van der Waals surface area contributed by atoms with E-state index in [1.807, 2.05) is 54.4 Å². The molecule has 1 aliphatic carbocycles. The summed E-state index contributed by atoms with van der Waals surface area (Å²) in [6, 6.07) is 13.1. The summed E-state index contributed by atoms with van der Waals surface area (Å²) in [6.45, 7) is 0. The fourth-order valence-electron chi connectivity index (χ4n) is 3.87. The molecule has 1 amide bonds. The molecule has 0 bridgehead atoms. The van der Waals surface area contributed by atoms with Gasteiger partial charge in [-0.1, -0.05) is 25.0 Å². The summed E-state index contributed by atoms with van der Waals surface area (Å²) < 4.78 is 10.9. The van der Waals surface area contributed by atoms with Gasteiger partial charge in [-0.15, -0.1) is 0 Å². The molecule has 0 spiro atoms. The second kappa shape index (κ2) is 9.96. The Labute approximate surface area is 177 Å². The number of allylic oxidation sites excluding steroid dienone is 1. The van der Waals surface area contributed by atoms with Crippen LogP contribution in [0.1, 0.15) is 31.2 Å². The van der Waals surface area contributed by atoms with Crippen molar-refractivity contribution in [3.05, 3.63) is 54.1 Å². The molecule has 1 fully saturated rings. The Balaban J connectivity index is 1.94. The number of carbonyl (C=O) groups excluding carboxylic acids is 2. The number of benzene rings is 2. The monoisotopic (exact) mass is 408 g/mol. The van der Waals surface area contributed by atoms with Crippen molar-refractivity contribution in [2.45, 2.75) is 25.7 Å². The van der Waals surface area contributed by atoms with Crippen LogP contribution in [0.3, 0.4) is 0 Å². The molecule has 0 saturated heterocycles. The molecule has 1 aliphatic rings. The molecule has 2 aromatic rings. The summed E-state index contributed by atoms with van der Waals surface area (Å²) >= 11 is 0. The van der Waals surface area contributed by atoms with Crippen molar-refractivity contribution in [3.63, 3.8) is 0 Å². The highest BCUT2D eigenvalue weighted by molar-refractivity contribution is 5.96. The van der Waals surface area contributed by atoms with Gasteiger partial charge in [0.05, 0.1) is 25.6 Å². The van der Waals surface area contributed by atoms with E-state index in [4.69, 9.17) is 9.47 Å². The van der Waals surface area contributed by atoms with Crippen LogP contribution in [0.25, 0.3) is 5.70 Å². The van der Waals surface area contributed by atoms with E-state index in [-0.39, 0.29) is 11.8 Å². The lowest BCUT2D eigenvalue weighted by molar-refractivity contribution is -0.119. The van der Waals surface area contributed by atoms with Gasteiger partial charge in [0.1, 0.15) is 17.8 Å². The number of rotatable bonds is 8. The summed E-state index contributed by atoms with van der Waals surface area (Å²) in [4.78, 5) is 25.9. The van der Waals surface area contributed by atoms with E-state index in [0.717, 1.165) is 43.2 Å². The highest BCUT2D eigenvalue weighted by Crippen LogP contribution is 2.35. The first-order chi connectivity index (χ1) is 14.6. The molecule has 0 atom stereocenters. The number of ether oxygens (including phenoxy) is 2. The van der Waals surface area contributed by atoms with Crippen LogP contribution in [-0.4, -0.2) is 33.5 Å². The molecule has 1 N–H and O–H groups in total. The van der Waals surface area contributed by atoms with Crippen molar-refractivity contribution < 1.29 is 19.1 Å². The third kappa shape index (κ3) is 4.64. The number of nitrogens with zero attached hydrogens (tertiary/aromatic N) is 1. The Bertz CT molecular complexity index is 933. The molecule has 158 valence electrons. The average molecular weight is 408 g/mol. The van der Waals surface area contributed by atoms with Gasteiger partial charge in [0.15, 0.2) is 0 Å². The molecule has 1 saturated carbocycles. The lowest BCUT2D eigenvalue weighted by Crippen LogP contribution is -2.21. The number of carbonyl (C=O) groups is 2. The molecular formula is C24H28N2O4. The van der Waals surface area contributed by atoms with Crippen molar-refractivity contribution in [2.75, 3.05) is 31.5 Å². The minimum atomic E-state index is 0.0268. The number of nitrogens with one attached hydrogen (secondary N) is 1. The SMILES string of the molecule is COc1ccc(N(C)/C(=C/C=O)c2ccccc2OC)cc1NC(=O)C1CCCC1. The normalized spacial score (nSPS) is 14.3. The predicted octanol–water partition coefficient (Wildman–Crippen LogP) is 4.51. The zero-order valence-corrected chi connectivity index (χ0v) is 17.7. The number of amides is 1. The Kier molecular flexibility index (Phi) is 7.12. The number of methoxy groups -OCH3 is 2. The summed E-state index contributed by atoms with van der Waals surface area (Å²) in [5.74, 6) is 1.34. The van der Waals surface area contributed by atoms with Crippen LogP contribution >= 0.6 is 0 Å². The van der Waals surface area contributed by atoms with Gasteiger partial charge in [0, 0.05) is 30.3 Å². The molecule has 6 nitrogen and oxygen atoms in total. The van der Waals surface area contributed by atoms with Gasteiger partial charge in [-0.25, -0.2) is 0 Å². The van der Waals surface area contributed by atoms with Gasteiger partial charge < -0.3 is 19.7 Å². The number of para-hydroxylation sites is 1. The van der Waals surface area contributed by atoms with E-state index in [1.165, 1.54) is 6.08 Å². The third-order valence-corrected chi connectivity index (χ3v) is 5.52. The van der Waals surface area contributed by atoms with Gasteiger partial charge in [0.2, 0.25) is 5.91 Å². The Morgan fingerprint density at radius 2 is 1.77 bits per heavy atom. The maximum atomic E-state index is 12.7. The van der Waals surface area contributed by atoms with E-state index >= 15 is 0 Å². The molecule has 0 heterocycles. The average Bonchev–Trinajstić information content (AvgIpc) is 3.32. The minimum Gasteiger partial charge on any atom is -0.496 e. The van der Waals surface area contributed by atoms with E-state index in [1.54, 1.807) is 14.2 Å². The van der Waals surface area contributed by atoms with Crippen molar-refractivity contribution in [3.8, 4) is 11.5 Å². The summed E-state index contributed by atoms with van der Waals surface area (Å²) in [5.41, 5.74) is 2.89. The fraction of sp³-hybridized carbons (Fsp3) is 0.333. The van der Waals surface area contributed by atoms with E-state index < -0.39 is 0 Å². The Morgan fingerprint density at radius 1 is 1.07 bits per heavy atom. The first-order valence-corrected chi connectivity index (χ1v) is 10.1. The summed E-state index contributed by atoms with van der Waals surface area (Å²) in [6.07, 6.45) is 6.29. The van der Waals surface area contributed by atoms with Crippen molar-refractivity contribution in [1.82, 2.24) is 0 Å². The van der Waals surface area contributed by atoms with Crippen LogP contribution in [0.5, 0.6) is 11.5 Å². The number of anilines is 2. The Hall–Kier alpha value is -3.28. The zero-order valence-electron chi connectivity index (χ0n) is 17.7. The minimum absolute atomic E-state index is 0.0268. The van der Waals surface area contributed by atoms with Crippen LogP contribution in [0.4, 0.5) is 11.4 Å². The molecule has 3 rings (SSSR count). The topological polar surface area (TPSA) is 67.9 Å². The largest absolute Gasteiger partial charge is 0.496 e. The lowest BCUT2D eigenvalue weighted by atomic mass is 10.1. The lowest BCUT2D eigenvalue weighted by Gasteiger charge is -2.25. The molecule has 6 heteroatoms. The van der Waals surface area contributed by atoms with Gasteiger partial charge in [-0.2, -0.15) is 0 Å². The van der Waals surface area contributed by atoms with Gasteiger partial charge in [-0.3, -0.25) is 9.59 Å². The first kappa shape index (κ1) is 21.4. The number of hydrogen-bond acceptors (Lipinski definition) is 5. The van der Waals surface area contributed by atoms with E-state index in [0.29, 0.717) is 22.9 Å². The predicted molar refractivity (Wildman–Crippen MR) is 119 cm³/mol. The molecule has 0 radical (unpaired) electrons. The maximum Gasteiger partial charge on any atom is 0.227 e. The highest BCUT2D eigenvalue weighted by atomic mass is 16.5. The van der Waals surface area contributed by atoms with Crippen molar-refractivity contribution in [1.29, 1.82) is 0 Å². The third-order valence-electron chi connectivity index (χ3n) is 5.52. The molecule has 0 unspecified atom stereocenters. The Morgan fingerprint density at radius 3 is 2.43 bits per heavy atom.